The van der Waals surface area contributed by atoms with Gasteiger partial charge in [-0.25, -0.2) is 0 Å². The van der Waals surface area contributed by atoms with Gasteiger partial charge in [-0.05, 0) is 36.4 Å². The second kappa shape index (κ2) is 22.9. The van der Waals surface area contributed by atoms with Gasteiger partial charge >= 0.3 is 35.0 Å². The van der Waals surface area contributed by atoms with Crippen LogP contribution in [0.2, 0.25) is 0 Å². The maximum atomic E-state index is 5.18. The minimum absolute atomic E-state index is 0.106. The molecule has 0 spiro atoms. The monoisotopic (exact) mass is 776 g/mol. The van der Waals surface area contributed by atoms with Gasteiger partial charge in [0.25, 0.3) is 0 Å². The Kier molecular flexibility index (Phi) is 22.0. The summed E-state index contributed by atoms with van der Waals surface area (Å²) in [4.78, 5) is 0. The fourth-order valence-electron chi connectivity index (χ4n) is 3.37. The van der Waals surface area contributed by atoms with Gasteiger partial charge in [0.2, 0.25) is 17.2 Å². The molecule has 42 heavy (non-hydrogen) atoms. The standard InChI is InChI=1S/3C9H13O3P.2ClH.Pd/c3*1-10-6-4-5-7(13)9(12-3)8(6)11-2;;;/h3*4-5H,13H2,1-3H3;2*1H;/q;;;;;+2/p-2. The van der Waals surface area contributed by atoms with Crippen molar-refractivity contribution in [2.75, 3.05) is 64.0 Å². The number of hydrogen-bond donors (Lipinski definition) is 0. The van der Waals surface area contributed by atoms with Crippen molar-refractivity contribution in [2.24, 2.45) is 0 Å². The molecule has 0 saturated carbocycles. The third-order valence-corrected chi connectivity index (χ3v) is 6.57. The van der Waals surface area contributed by atoms with E-state index in [0.29, 0.717) is 51.7 Å². The molecule has 3 rings (SSSR count). The predicted octanol–water partition coefficient (Wildman–Crippen LogP) is 5.01. The SMILES string of the molecule is COc1ccc(P)c(OC)c1OC.COc1ccc(P)c(OC)c1OC.COc1ccc(P)c(OC)c1OC.[Cl][Pd][Cl]. The average molecular weight is 778 g/mol. The van der Waals surface area contributed by atoms with Crippen LogP contribution in [-0.2, 0) is 15.9 Å². The Morgan fingerprint density at radius 3 is 0.714 bits per heavy atom. The van der Waals surface area contributed by atoms with Crippen molar-refractivity contribution < 1.29 is 58.6 Å². The molecule has 240 valence electrons. The van der Waals surface area contributed by atoms with Gasteiger partial charge in [0, 0.05) is 15.9 Å². The van der Waals surface area contributed by atoms with Crippen molar-refractivity contribution in [3.8, 4) is 51.7 Å². The van der Waals surface area contributed by atoms with Crippen LogP contribution >= 0.6 is 46.8 Å². The van der Waals surface area contributed by atoms with Crippen LogP contribution in [0.25, 0.3) is 0 Å². The molecular weight excluding hydrogens is 739 g/mol. The van der Waals surface area contributed by atoms with Crippen LogP contribution in [0.3, 0.4) is 0 Å². The second-order valence-electron chi connectivity index (χ2n) is 7.32. The van der Waals surface area contributed by atoms with E-state index in [4.69, 9.17) is 61.7 Å². The van der Waals surface area contributed by atoms with Crippen LogP contribution in [-0.4, -0.2) is 64.0 Å². The molecular formula is C27H39Cl2O9P3Pd. The van der Waals surface area contributed by atoms with Gasteiger partial charge in [-0.15, -0.1) is 27.7 Å². The molecule has 0 amide bonds. The molecule has 0 aliphatic heterocycles. The van der Waals surface area contributed by atoms with Gasteiger partial charge in [-0.1, -0.05) is 0 Å². The second-order valence-corrected chi connectivity index (χ2v) is 11.5. The Balaban J connectivity index is 0.000000572. The number of hydrogen-bond acceptors (Lipinski definition) is 9. The number of methoxy groups -OCH3 is 9. The quantitative estimate of drug-likeness (QED) is 0.220. The van der Waals surface area contributed by atoms with Crippen molar-refractivity contribution in [1.29, 1.82) is 0 Å². The Morgan fingerprint density at radius 2 is 0.571 bits per heavy atom. The van der Waals surface area contributed by atoms with E-state index in [2.05, 4.69) is 27.7 Å². The topological polar surface area (TPSA) is 83.1 Å². The van der Waals surface area contributed by atoms with Crippen molar-refractivity contribution in [2.45, 2.75) is 0 Å². The summed E-state index contributed by atoms with van der Waals surface area (Å²) in [5.41, 5.74) is 0. The van der Waals surface area contributed by atoms with Gasteiger partial charge in [0.1, 0.15) is 0 Å². The van der Waals surface area contributed by atoms with Gasteiger partial charge < -0.3 is 42.6 Å². The van der Waals surface area contributed by atoms with Crippen LogP contribution < -0.4 is 58.5 Å². The van der Waals surface area contributed by atoms with Crippen molar-refractivity contribution >= 4 is 62.7 Å². The number of halogens is 2. The first kappa shape index (κ1) is 40.4. The molecule has 3 atom stereocenters. The molecule has 0 radical (unpaired) electrons. The van der Waals surface area contributed by atoms with Crippen LogP contribution in [0.15, 0.2) is 36.4 Å². The molecule has 3 unspecified atom stereocenters. The molecule has 3 aromatic carbocycles. The molecule has 9 nitrogen and oxygen atoms in total. The van der Waals surface area contributed by atoms with Crippen LogP contribution in [0.5, 0.6) is 51.7 Å². The zero-order valence-electron chi connectivity index (χ0n) is 24.9. The molecule has 0 heterocycles. The maximum absolute atomic E-state index is 5.18. The number of ether oxygens (including phenoxy) is 9. The first-order valence-electron chi connectivity index (χ1n) is 11.6. The van der Waals surface area contributed by atoms with Gasteiger partial charge in [0.05, 0.1) is 64.0 Å². The van der Waals surface area contributed by atoms with E-state index in [0.717, 1.165) is 15.9 Å². The van der Waals surface area contributed by atoms with Crippen LogP contribution in [0.1, 0.15) is 0 Å². The van der Waals surface area contributed by atoms with Gasteiger partial charge in [-0.3, -0.25) is 0 Å². The summed E-state index contributed by atoms with van der Waals surface area (Å²) in [5.74, 6) is 5.94. The predicted molar refractivity (Wildman–Crippen MR) is 178 cm³/mol. The zero-order valence-corrected chi connectivity index (χ0v) is 31.5. The molecule has 3 aromatic rings. The molecule has 0 fully saturated rings. The third kappa shape index (κ3) is 11.8. The summed E-state index contributed by atoms with van der Waals surface area (Å²) >= 11 is -0.106. The Morgan fingerprint density at radius 1 is 0.381 bits per heavy atom. The van der Waals surface area contributed by atoms with Crippen molar-refractivity contribution in [1.82, 2.24) is 0 Å². The average Bonchev–Trinajstić information content (AvgIpc) is 3.01. The fraction of sp³-hybridized carbons (Fsp3) is 0.333. The van der Waals surface area contributed by atoms with Gasteiger partial charge in [-0.2, -0.15) is 0 Å². The van der Waals surface area contributed by atoms with E-state index in [9.17, 15) is 0 Å². The summed E-state index contributed by atoms with van der Waals surface area (Å²) in [6, 6.07) is 11.2. The molecule has 0 aromatic heterocycles. The molecule has 0 bridgehead atoms. The first-order valence-corrected chi connectivity index (χ1v) is 17.3. The first-order chi connectivity index (χ1) is 20.1. The molecule has 0 saturated heterocycles. The van der Waals surface area contributed by atoms with Crippen molar-refractivity contribution in [3.63, 3.8) is 0 Å². The van der Waals surface area contributed by atoms with Crippen LogP contribution in [0, 0.1) is 0 Å². The van der Waals surface area contributed by atoms with Gasteiger partial charge in [0.15, 0.2) is 34.5 Å². The Hall–Kier alpha value is -1.61. The summed E-state index contributed by atoms with van der Waals surface area (Å²) in [6.07, 6.45) is 0. The van der Waals surface area contributed by atoms with E-state index in [1.807, 2.05) is 36.4 Å². The summed E-state index contributed by atoms with van der Waals surface area (Å²) in [7, 11) is 31.7. The summed E-state index contributed by atoms with van der Waals surface area (Å²) in [5, 5.41) is 2.83. The molecule has 0 aliphatic carbocycles. The third-order valence-electron chi connectivity index (χ3n) is 5.20. The van der Waals surface area contributed by atoms with E-state index >= 15 is 0 Å². The minimum atomic E-state index is -0.106. The zero-order chi connectivity index (χ0) is 32.2. The Labute approximate surface area is 272 Å². The van der Waals surface area contributed by atoms with Crippen LogP contribution in [0.4, 0.5) is 0 Å². The molecule has 15 heteroatoms. The summed E-state index contributed by atoms with van der Waals surface area (Å²) < 4.78 is 46.4. The van der Waals surface area contributed by atoms with E-state index in [-0.39, 0.29) is 15.9 Å². The number of rotatable bonds is 9. The summed E-state index contributed by atoms with van der Waals surface area (Å²) in [6.45, 7) is 0. The molecule has 0 N–H and O–H groups in total. The fourth-order valence-corrected chi connectivity index (χ4v) is 4.41. The Bertz CT molecular complexity index is 1080. The van der Waals surface area contributed by atoms with E-state index in [1.54, 1.807) is 64.0 Å². The van der Waals surface area contributed by atoms with E-state index in [1.165, 1.54) is 0 Å². The molecule has 0 aliphatic rings. The van der Waals surface area contributed by atoms with E-state index < -0.39 is 0 Å². The normalized spacial score (nSPS) is 9.38. The van der Waals surface area contributed by atoms with Crippen molar-refractivity contribution in [3.05, 3.63) is 36.4 Å². The number of benzene rings is 3.